The van der Waals surface area contributed by atoms with E-state index in [-0.39, 0.29) is 5.75 Å². The molecular formula is C8H10ClNO3S. The summed E-state index contributed by atoms with van der Waals surface area (Å²) in [6, 6.07) is 6.58. The molecule has 0 saturated carbocycles. The van der Waals surface area contributed by atoms with Crippen molar-refractivity contribution in [3.63, 3.8) is 0 Å². The molecule has 0 unspecified atom stereocenters. The van der Waals surface area contributed by atoms with Crippen LogP contribution >= 0.6 is 11.6 Å². The van der Waals surface area contributed by atoms with Gasteiger partial charge in [-0.1, -0.05) is 28.6 Å². The first kappa shape index (κ1) is 11.5. The second-order valence-corrected chi connectivity index (χ2v) is 4.79. The van der Waals surface area contributed by atoms with Crippen LogP contribution in [0.3, 0.4) is 0 Å². The van der Waals surface area contributed by atoms with Crippen LogP contribution < -0.4 is 4.89 Å². The molecule has 1 N–H and O–H groups in total. The Hall–Kier alpha value is -0.620. The summed E-state index contributed by atoms with van der Waals surface area (Å²) in [7, 11) is -2.16. The summed E-state index contributed by atoms with van der Waals surface area (Å²) in [4.78, 5) is 6.26. The van der Waals surface area contributed by atoms with Crippen molar-refractivity contribution >= 4 is 21.6 Å². The third kappa shape index (κ3) is 3.63. The summed E-state index contributed by atoms with van der Waals surface area (Å²) in [6.45, 7) is 0. The maximum atomic E-state index is 11.2. The van der Waals surface area contributed by atoms with E-state index in [1.807, 2.05) is 4.89 Å². The minimum absolute atomic E-state index is 0.127. The van der Waals surface area contributed by atoms with Gasteiger partial charge in [-0.05, 0) is 17.7 Å². The number of hydrogen-bond acceptors (Lipinski definition) is 3. The molecule has 6 heteroatoms. The molecule has 0 radical (unpaired) electrons. The summed E-state index contributed by atoms with van der Waals surface area (Å²) in [5.74, 6) is -0.127. The van der Waals surface area contributed by atoms with Crippen LogP contribution in [0.2, 0.25) is 5.02 Å². The van der Waals surface area contributed by atoms with Crippen molar-refractivity contribution in [2.24, 2.45) is 0 Å². The summed E-state index contributed by atoms with van der Waals surface area (Å²) >= 11 is 5.65. The zero-order valence-electron chi connectivity index (χ0n) is 7.53. The lowest BCUT2D eigenvalue weighted by Gasteiger charge is -2.03. The molecule has 0 aliphatic carbocycles. The minimum Gasteiger partial charge on any atom is -0.290 e. The standard InChI is InChI=1S/C8H10ClNO3S/c1-13-10-14(11,12)6-7-2-4-8(9)5-3-7/h2-5,10H,6H2,1H3. The molecule has 78 valence electrons. The predicted molar refractivity (Wildman–Crippen MR) is 54.2 cm³/mol. The Labute approximate surface area is 87.8 Å². The molecule has 0 aromatic heterocycles. The van der Waals surface area contributed by atoms with Gasteiger partial charge in [0.2, 0.25) is 10.0 Å². The first-order valence-corrected chi connectivity index (χ1v) is 5.83. The van der Waals surface area contributed by atoms with Crippen molar-refractivity contribution in [1.29, 1.82) is 0 Å². The lowest BCUT2D eigenvalue weighted by Crippen LogP contribution is -2.23. The topological polar surface area (TPSA) is 55.4 Å². The van der Waals surface area contributed by atoms with E-state index in [4.69, 9.17) is 11.6 Å². The van der Waals surface area contributed by atoms with Crippen LogP contribution in [0.4, 0.5) is 0 Å². The van der Waals surface area contributed by atoms with Gasteiger partial charge in [-0.25, -0.2) is 8.42 Å². The van der Waals surface area contributed by atoms with Gasteiger partial charge < -0.3 is 0 Å². The second kappa shape index (κ2) is 4.75. The molecule has 0 saturated heterocycles. The third-order valence-corrected chi connectivity index (χ3v) is 2.87. The number of halogens is 1. The van der Waals surface area contributed by atoms with Gasteiger partial charge in [-0.3, -0.25) is 4.84 Å². The number of rotatable bonds is 4. The Morgan fingerprint density at radius 2 is 1.93 bits per heavy atom. The molecule has 0 spiro atoms. The number of sulfonamides is 1. The van der Waals surface area contributed by atoms with E-state index in [1.54, 1.807) is 24.3 Å². The monoisotopic (exact) mass is 235 g/mol. The normalized spacial score (nSPS) is 11.6. The first-order chi connectivity index (χ1) is 6.53. The molecular weight excluding hydrogens is 226 g/mol. The highest BCUT2D eigenvalue weighted by atomic mass is 35.5. The van der Waals surface area contributed by atoms with E-state index in [2.05, 4.69) is 4.84 Å². The van der Waals surface area contributed by atoms with Gasteiger partial charge in [0.05, 0.1) is 12.9 Å². The average molecular weight is 236 g/mol. The summed E-state index contributed by atoms with van der Waals surface area (Å²) < 4.78 is 22.4. The van der Waals surface area contributed by atoms with E-state index in [0.29, 0.717) is 10.6 Å². The van der Waals surface area contributed by atoms with E-state index in [1.165, 1.54) is 7.11 Å². The van der Waals surface area contributed by atoms with Crippen LogP contribution in [0.25, 0.3) is 0 Å². The molecule has 1 aromatic carbocycles. The zero-order chi connectivity index (χ0) is 10.6. The molecule has 4 nitrogen and oxygen atoms in total. The van der Waals surface area contributed by atoms with Crippen molar-refractivity contribution in [2.45, 2.75) is 5.75 Å². The predicted octanol–water partition coefficient (Wildman–Crippen LogP) is 1.32. The Bertz CT molecular complexity index is 388. The maximum Gasteiger partial charge on any atom is 0.237 e. The number of nitrogens with one attached hydrogen (secondary N) is 1. The van der Waals surface area contributed by atoms with Crippen LogP contribution in [0.15, 0.2) is 24.3 Å². The maximum absolute atomic E-state index is 11.2. The Morgan fingerprint density at radius 3 is 2.43 bits per heavy atom. The molecule has 1 aromatic rings. The van der Waals surface area contributed by atoms with Gasteiger partial charge in [-0.2, -0.15) is 0 Å². The molecule has 0 aliphatic heterocycles. The lowest BCUT2D eigenvalue weighted by molar-refractivity contribution is 0.153. The highest BCUT2D eigenvalue weighted by Crippen LogP contribution is 2.11. The SMILES string of the molecule is CONS(=O)(=O)Cc1ccc(Cl)cc1. The first-order valence-electron chi connectivity index (χ1n) is 3.80. The summed E-state index contributed by atoms with van der Waals surface area (Å²) in [5, 5.41) is 0.575. The van der Waals surface area contributed by atoms with Gasteiger partial charge in [-0.15, -0.1) is 0 Å². The second-order valence-electron chi connectivity index (χ2n) is 2.67. The molecule has 0 bridgehead atoms. The average Bonchev–Trinajstić information content (AvgIpc) is 2.08. The minimum atomic E-state index is -3.41. The van der Waals surface area contributed by atoms with Crippen LogP contribution in [-0.4, -0.2) is 15.5 Å². The van der Waals surface area contributed by atoms with E-state index < -0.39 is 10.0 Å². The van der Waals surface area contributed by atoms with Crippen LogP contribution in [-0.2, 0) is 20.6 Å². The van der Waals surface area contributed by atoms with Crippen LogP contribution in [0.1, 0.15) is 5.56 Å². The van der Waals surface area contributed by atoms with Gasteiger partial charge in [0.15, 0.2) is 0 Å². The van der Waals surface area contributed by atoms with Gasteiger partial charge in [0.1, 0.15) is 0 Å². The summed E-state index contributed by atoms with van der Waals surface area (Å²) in [5.41, 5.74) is 0.652. The third-order valence-electron chi connectivity index (χ3n) is 1.48. The highest BCUT2D eigenvalue weighted by Gasteiger charge is 2.10. The smallest absolute Gasteiger partial charge is 0.237 e. The Balaban J connectivity index is 2.74. The molecule has 0 fully saturated rings. The quantitative estimate of drug-likeness (QED) is 0.801. The van der Waals surface area contributed by atoms with Crippen molar-refractivity contribution in [3.8, 4) is 0 Å². The summed E-state index contributed by atoms with van der Waals surface area (Å²) in [6.07, 6.45) is 0. The fourth-order valence-corrected chi connectivity index (χ4v) is 2.03. The molecule has 14 heavy (non-hydrogen) atoms. The zero-order valence-corrected chi connectivity index (χ0v) is 9.10. The molecule has 1 rings (SSSR count). The molecule has 0 aliphatic rings. The van der Waals surface area contributed by atoms with Crippen molar-refractivity contribution < 1.29 is 13.3 Å². The lowest BCUT2D eigenvalue weighted by atomic mass is 10.2. The van der Waals surface area contributed by atoms with Crippen LogP contribution in [0, 0.1) is 0 Å². The van der Waals surface area contributed by atoms with E-state index >= 15 is 0 Å². The molecule has 0 atom stereocenters. The fraction of sp³-hybridized carbons (Fsp3) is 0.250. The van der Waals surface area contributed by atoms with Crippen LogP contribution in [0.5, 0.6) is 0 Å². The number of hydrogen-bond donors (Lipinski definition) is 1. The van der Waals surface area contributed by atoms with Crippen molar-refractivity contribution in [2.75, 3.05) is 7.11 Å². The fourth-order valence-electron chi connectivity index (χ4n) is 0.956. The molecule has 0 heterocycles. The molecule has 0 amide bonds. The van der Waals surface area contributed by atoms with Crippen molar-refractivity contribution in [3.05, 3.63) is 34.9 Å². The Morgan fingerprint density at radius 1 is 1.36 bits per heavy atom. The van der Waals surface area contributed by atoms with E-state index in [0.717, 1.165) is 0 Å². The van der Waals surface area contributed by atoms with Gasteiger partial charge in [0, 0.05) is 5.02 Å². The largest absolute Gasteiger partial charge is 0.290 e. The van der Waals surface area contributed by atoms with Gasteiger partial charge in [0.25, 0.3) is 0 Å². The number of benzene rings is 1. The van der Waals surface area contributed by atoms with Gasteiger partial charge >= 0.3 is 0 Å². The Kier molecular flexibility index (Phi) is 3.88. The highest BCUT2D eigenvalue weighted by molar-refractivity contribution is 7.88. The van der Waals surface area contributed by atoms with Crippen molar-refractivity contribution in [1.82, 2.24) is 4.89 Å². The van der Waals surface area contributed by atoms with E-state index in [9.17, 15) is 8.42 Å².